The number of benzene rings is 1. The van der Waals surface area contributed by atoms with E-state index in [-0.39, 0.29) is 25.4 Å². The molecule has 9 nitrogen and oxygen atoms in total. The third kappa shape index (κ3) is 5.97. The molecule has 0 bridgehead atoms. The van der Waals surface area contributed by atoms with E-state index in [0.29, 0.717) is 5.56 Å². The third-order valence-electron chi connectivity index (χ3n) is 4.10. The molecule has 9 heteroatoms. The molecule has 2 unspecified atom stereocenters. The molecule has 0 radical (unpaired) electrons. The van der Waals surface area contributed by atoms with E-state index in [9.17, 15) is 19.2 Å². The molecule has 2 atom stereocenters. The van der Waals surface area contributed by atoms with E-state index < -0.39 is 35.6 Å². The van der Waals surface area contributed by atoms with Crippen LogP contribution >= 0.6 is 0 Å². The van der Waals surface area contributed by atoms with Crippen molar-refractivity contribution in [2.24, 2.45) is 5.73 Å². The number of ether oxygens (including phenoxy) is 1. The zero-order chi connectivity index (χ0) is 20.9. The van der Waals surface area contributed by atoms with Crippen LogP contribution in [0.15, 0.2) is 30.3 Å². The number of nitrogens with one attached hydrogen (secondary N) is 2. The quantitative estimate of drug-likeness (QED) is 0.670. The van der Waals surface area contributed by atoms with Crippen LogP contribution in [0.2, 0.25) is 0 Å². The topological polar surface area (TPSA) is 131 Å². The molecular formula is C19H26N4O5. The summed E-state index contributed by atoms with van der Waals surface area (Å²) in [5.74, 6) is -1.44. The minimum absolute atomic E-state index is 0.126. The average Bonchev–Trinajstić information content (AvgIpc) is 3.03. The Kier molecular flexibility index (Phi) is 6.61. The lowest BCUT2D eigenvalue weighted by Gasteiger charge is -2.23. The number of likely N-dealkylation sites (tertiary alicyclic amines) is 1. The lowest BCUT2D eigenvalue weighted by molar-refractivity contribution is -0.136. The molecule has 1 aromatic carbocycles. The van der Waals surface area contributed by atoms with Crippen molar-refractivity contribution in [3.8, 4) is 0 Å². The summed E-state index contributed by atoms with van der Waals surface area (Å²) in [6, 6.07) is 7.35. The number of hydrogen-bond acceptors (Lipinski definition) is 5. The maximum atomic E-state index is 12.5. The Balaban J connectivity index is 1.95. The molecule has 4 N–H and O–H groups in total. The van der Waals surface area contributed by atoms with E-state index in [1.165, 1.54) is 4.90 Å². The summed E-state index contributed by atoms with van der Waals surface area (Å²) in [5.41, 5.74) is 5.20. The zero-order valence-corrected chi connectivity index (χ0v) is 16.2. The summed E-state index contributed by atoms with van der Waals surface area (Å²) >= 11 is 0. The molecule has 2 rings (SSSR count). The Morgan fingerprint density at radius 2 is 1.82 bits per heavy atom. The molecule has 1 aromatic rings. The number of nitrogens with zero attached hydrogens (tertiary/aromatic N) is 1. The first kappa shape index (κ1) is 21.2. The number of alkyl carbamates (subject to hydrolysis) is 1. The second-order valence-corrected chi connectivity index (χ2v) is 7.59. The number of carbonyl (C=O) groups excluding carboxylic acids is 4. The molecule has 4 amide bonds. The molecule has 1 aliphatic rings. The van der Waals surface area contributed by atoms with Gasteiger partial charge in [0.25, 0.3) is 5.91 Å². The van der Waals surface area contributed by atoms with E-state index in [1.54, 1.807) is 51.1 Å². The van der Waals surface area contributed by atoms with Crippen LogP contribution in [0.3, 0.4) is 0 Å². The lowest BCUT2D eigenvalue weighted by Crippen LogP contribution is -2.48. The Morgan fingerprint density at radius 3 is 2.39 bits per heavy atom. The first-order valence-electron chi connectivity index (χ1n) is 8.98. The first-order chi connectivity index (χ1) is 13.1. The Hall–Kier alpha value is -3.10. The second-order valence-electron chi connectivity index (χ2n) is 7.59. The van der Waals surface area contributed by atoms with Crippen LogP contribution in [0.1, 0.15) is 37.6 Å². The van der Waals surface area contributed by atoms with Gasteiger partial charge >= 0.3 is 6.09 Å². The van der Waals surface area contributed by atoms with Gasteiger partial charge in [0.1, 0.15) is 18.2 Å². The van der Waals surface area contributed by atoms with Crippen molar-refractivity contribution < 1.29 is 23.9 Å². The number of rotatable bonds is 5. The SMILES string of the molecule is CC(C)(C)OC(=O)NCC(=O)N1CC(NC(=O)c2ccccc2)CC1C(N)=O. The number of carbonyl (C=O) groups is 4. The largest absolute Gasteiger partial charge is 0.444 e. The molecule has 1 aliphatic heterocycles. The fourth-order valence-corrected chi connectivity index (χ4v) is 2.91. The summed E-state index contributed by atoms with van der Waals surface area (Å²) < 4.78 is 5.08. The molecule has 152 valence electrons. The number of hydrogen-bond donors (Lipinski definition) is 3. The Labute approximate surface area is 163 Å². The molecule has 1 saturated heterocycles. The maximum Gasteiger partial charge on any atom is 0.408 e. The van der Waals surface area contributed by atoms with Gasteiger partial charge in [0, 0.05) is 18.2 Å². The summed E-state index contributed by atoms with van der Waals surface area (Å²) in [7, 11) is 0. The maximum absolute atomic E-state index is 12.5. The van der Waals surface area contributed by atoms with Gasteiger partial charge in [0.2, 0.25) is 11.8 Å². The Bertz CT molecular complexity index is 744. The van der Waals surface area contributed by atoms with Crippen LogP contribution in [0.5, 0.6) is 0 Å². The summed E-state index contributed by atoms with van der Waals surface area (Å²) in [6.45, 7) is 4.91. The standard InChI is InChI=1S/C19H26N4O5/c1-19(2,3)28-18(27)21-10-15(24)23-11-13(9-14(23)16(20)25)22-17(26)12-7-5-4-6-8-12/h4-8,13-14H,9-11H2,1-3H3,(H2,20,25)(H,21,27)(H,22,26). The lowest BCUT2D eigenvalue weighted by atomic mass is 10.1. The van der Waals surface area contributed by atoms with Crippen LogP contribution in [0.25, 0.3) is 0 Å². The second kappa shape index (κ2) is 8.73. The zero-order valence-electron chi connectivity index (χ0n) is 16.2. The average molecular weight is 390 g/mol. The van der Waals surface area contributed by atoms with Crippen molar-refractivity contribution in [2.75, 3.05) is 13.1 Å². The molecule has 0 spiro atoms. The molecule has 0 aromatic heterocycles. The third-order valence-corrected chi connectivity index (χ3v) is 4.10. The van der Waals surface area contributed by atoms with Crippen LogP contribution in [-0.2, 0) is 14.3 Å². The van der Waals surface area contributed by atoms with Gasteiger partial charge in [-0.05, 0) is 39.3 Å². The molecule has 1 fully saturated rings. The molecular weight excluding hydrogens is 364 g/mol. The van der Waals surface area contributed by atoms with Crippen LogP contribution in [-0.4, -0.2) is 59.5 Å². The molecule has 1 heterocycles. The van der Waals surface area contributed by atoms with E-state index >= 15 is 0 Å². The van der Waals surface area contributed by atoms with Crippen molar-refractivity contribution in [3.05, 3.63) is 35.9 Å². The van der Waals surface area contributed by atoms with Crippen LogP contribution in [0, 0.1) is 0 Å². The summed E-state index contributed by atoms with van der Waals surface area (Å²) in [5, 5.41) is 5.17. The molecule has 28 heavy (non-hydrogen) atoms. The van der Waals surface area contributed by atoms with Gasteiger partial charge in [0.15, 0.2) is 0 Å². The fraction of sp³-hybridized carbons (Fsp3) is 0.474. The molecule has 0 aliphatic carbocycles. The van der Waals surface area contributed by atoms with Gasteiger partial charge in [-0.1, -0.05) is 18.2 Å². The fourth-order valence-electron chi connectivity index (χ4n) is 2.91. The highest BCUT2D eigenvalue weighted by molar-refractivity contribution is 5.95. The van der Waals surface area contributed by atoms with Crippen LogP contribution in [0.4, 0.5) is 4.79 Å². The van der Waals surface area contributed by atoms with Crippen molar-refractivity contribution in [3.63, 3.8) is 0 Å². The first-order valence-corrected chi connectivity index (χ1v) is 8.98. The smallest absolute Gasteiger partial charge is 0.408 e. The minimum Gasteiger partial charge on any atom is -0.444 e. The van der Waals surface area contributed by atoms with Crippen molar-refractivity contribution >= 4 is 23.8 Å². The van der Waals surface area contributed by atoms with Crippen molar-refractivity contribution in [2.45, 2.75) is 44.9 Å². The Morgan fingerprint density at radius 1 is 1.18 bits per heavy atom. The van der Waals surface area contributed by atoms with Gasteiger partial charge in [-0.15, -0.1) is 0 Å². The van der Waals surface area contributed by atoms with Crippen molar-refractivity contribution in [1.29, 1.82) is 0 Å². The minimum atomic E-state index is -0.853. The van der Waals surface area contributed by atoms with E-state index in [1.807, 2.05) is 0 Å². The number of nitrogens with two attached hydrogens (primary N) is 1. The summed E-state index contributed by atoms with van der Waals surface area (Å²) in [4.78, 5) is 49.5. The van der Waals surface area contributed by atoms with Crippen molar-refractivity contribution in [1.82, 2.24) is 15.5 Å². The van der Waals surface area contributed by atoms with Gasteiger partial charge in [0.05, 0.1) is 0 Å². The van der Waals surface area contributed by atoms with Gasteiger partial charge < -0.3 is 26.0 Å². The van der Waals surface area contributed by atoms with Gasteiger partial charge in [-0.25, -0.2) is 4.79 Å². The highest BCUT2D eigenvalue weighted by Crippen LogP contribution is 2.18. The monoisotopic (exact) mass is 390 g/mol. The number of primary amides is 1. The highest BCUT2D eigenvalue weighted by atomic mass is 16.6. The summed E-state index contributed by atoms with van der Waals surface area (Å²) in [6.07, 6.45) is -0.517. The van der Waals surface area contributed by atoms with Crippen LogP contribution < -0.4 is 16.4 Å². The number of amides is 4. The van der Waals surface area contributed by atoms with E-state index in [4.69, 9.17) is 10.5 Å². The predicted molar refractivity (Wildman–Crippen MR) is 101 cm³/mol. The predicted octanol–water partition coefficient (Wildman–Crippen LogP) is 0.396. The molecule has 0 saturated carbocycles. The highest BCUT2D eigenvalue weighted by Gasteiger charge is 2.39. The normalized spacial score (nSPS) is 19.0. The van der Waals surface area contributed by atoms with E-state index in [0.717, 1.165) is 0 Å². The van der Waals surface area contributed by atoms with Gasteiger partial charge in [-0.2, -0.15) is 0 Å². The van der Waals surface area contributed by atoms with E-state index in [2.05, 4.69) is 10.6 Å². The van der Waals surface area contributed by atoms with Gasteiger partial charge in [-0.3, -0.25) is 14.4 Å².